The summed E-state index contributed by atoms with van der Waals surface area (Å²) < 4.78 is 23.5. The second kappa shape index (κ2) is 9.68. The van der Waals surface area contributed by atoms with Gasteiger partial charge in [-0.15, -0.1) is 5.10 Å². The Morgan fingerprint density at radius 1 is 1.33 bits per heavy atom. The number of aromatic nitrogens is 4. The van der Waals surface area contributed by atoms with Crippen LogP contribution in [0.3, 0.4) is 0 Å². The van der Waals surface area contributed by atoms with E-state index in [1.54, 1.807) is 6.07 Å². The Morgan fingerprint density at radius 3 is 2.67 bits per heavy atom. The molecule has 0 bridgehead atoms. The molecule has 184 valence electrons. The second-order valence-electron chi connectivity index (χ2n) is 8.42. The molecule has 0 amide bonds. The Labute approximate surface area is 193 Å². The lowest BCUT2D eigenvalue weighted by Crippen LogP contribution is -2.36. The fourth-order valence-electron chi connectivity index (χ4n) is 4.24. The molecule has 3 heterocycles. The standard InChI is InChI=1S/C18H27ClN5O8P/c1-8(25)18(33(28,29)30)31-7-11-14(26)15(27)17(32-11)24-16-13(22-23-24)10(6-12(19)21-16)20-9-4-2-3-5-9/h6,8-9,11,14-15,17-18,25-27H,2-5,7H2,1H3,(H,20,21)(H2,28,29,30)/t8-,11+,14+,15+,17+,18?/m0/s1. The van der Waals surface area contributed by atoms with Crippen molar-refractivity contribution in [3.8, 4) is 0 Å². The SMILES string of the molecule is C[C@H](O)C(OC[C@H]1O[C@@H](n2nnc3c(NC4CCCC4)cc(Cl)nc32)[C@H](O)[C@@H]1O)P(=O)(O)O. The summed E-state index contributed by atoms with van der Waals surface area (Å²) in [7, 11) is -4.77. The van der Waals surface area contributed by atoms with Crippen molar-refractivity contribution in [3.05, 3.63) is 11.2 Å². The highest BCUT2D eigenvalue weighted by Gasteiger charge is 2.46. The minimum Gasteiger partial charge on any atom is -0.390 e. The molecule has 2 aromatic rings. The minimum atomic E-state index is -4.77. The number of nitrogens with zero attached hydrogens (tertiary/aromatic N) is 4. The number of aliphatic hydroxyl groups is 3. The number of anilines is 1. The Morgan fingerprint density at radius 2 is 2.03 bits per heavy atom. The van der Waals surface area contributed by atoms with Gasteiger partial charge >= 0.3 is 7.60 Å². The van der Waals surface area contributed by atoms with Crippen LogP contribution in [-0.2, 0) is 14.0 Å². The van der Waals surface area contributed by atoms with Gasteiger partial charge in [0.05, 0.1) is 18.4 Å². The summed E-state index contributed by atoms with van der Waals surface area (Å²) in [5, 5.41) is 42.4. The summed E-state index contributed by atoms with van der Waals surface area (Å²) >= 11 is 6.21. The third-order valence-corrected chi connectivity index (χ3v) is 7.31. The van der Waals surface area contributed by atoms with Crippen LogP contribution in [0.15, 0.2) is 6.07 Å². The zero-order valence-electron chi connectivity index (χ0n) is 17.7. The van der Waals surface area contributed by atoms with Crippen LogP contribution in [-0.4, -0.2) is 88.0 Å². The van der Waals surface area contributed by atoms with Crippen LogP contribution in [0.5, 0.6) is 0 Å². The van der Waals surface area contributed by atoms with Crippen molar-refractivity contribution in [3.63, 3.8) is 0 Å². The first kappa shape index (κ1) is 24.7. The average molecular weight is 508 g/mol. The average Bonchev–Trinajstić information content (AvgIpc) is 3.43. The van der Waals surface area contributed by atoms with Crippen LogP contribution < -0.4 is 5.32 Å². The zero-order chi connectivity index (χ0) is 23.9. The predicted molar refractivity (Wildman–Crippen MR) is 116 cm³/mol. The number of pyridine rings is 1. The van der Waals surface area contributed by atoms with Crippen molar-refractivity contribution in [1.29, 1.82) is 0 Å². The first-order chi connectivity index (χ1) is 15.6. The van der Waals surface area contributed by atoms with Gasteiger partial charge in [0.15, 0.2) is 23.2 Å². The highest BCUT2D eigenvalue weighted by Crippen LogP contribution is 2.44. The van der Waals surface area contributed by atoms with Crippen molar-refractivity contribution >= 4 is 36.0 Å². The lowest BCUT2D eigenvalue weighted by Gasteiger charge is -2.24. The van der Waals surface area contributed by atoms with E-state index < -0.39 is 50.7 Å². The number of halogens is 1. The quantitative estimate of drug-likeness (QED) is 0.212. The van der Waals surface area contributed by atoms with Gasteiger partial charge in [0.2, 0.25) is 0 Å². The van der Waals surface area contributed by atoms with Crippen molar-refractivity contribution < 1.29 is 39.1 Å². The minimum absolute atomic E-state index is 0.181. The summed E-state index contributed by atoms with van der Waals surface area (Å²) in [5.74, 6) is -1.80. The number of aliphatic hydroxyl groups excluding tert-OH is 3. The van der Waals surface area contributed by atoms with Gasteiger partial charge in [-0.05, 0) is 19.8 Å². The Kier molecular flexibility index (Phi) is 7.25. The van der Waals surface area contributed by atoms with E-state index in [0.29, 0.717) is 11.2 Å². The number of fused-ring (bicyclic) bond motifs is 1. The molecule has 2 fully saturated rings. The maximum atomic E-state index is 11.5. The molecule has 13 nitrogen and oxygen atoms in total. The second-order valence-corrected chi connectivity index (χ2v) is 10.5. The topological polar surface area (TPSA) is 192 Å². The number of ether oxygens (including phenoxy) is 2. The molecule has 6 N–H and O–H groups in total. The molecule has 33 heavy (non-hydrogen) atoms. The Hall–Kier alpha value is -1.41. The summed E-state index contributed by atoms with van der Waals surface area (Å²) in [4.78, 5) is 22.9. The van der Waals surface area contributed by atoms with Gasteiger partial charge in [-0.25, -0.2) is 4.98 Å². The van der Waals surface area contributed by atoms with Crippen molar-refractivity contribution in [1.82, 2.24) is 20.0 Å². The third kappa shape index (κ3) is 5.16. The number of hydrogen-bond acceptors (Lipinski definition) is 10. The molecule has 1 saturated heterocycles. The highest BCUT2D eigenvalue weighted by atomic mass is 35.5. The van der Waals surface area contributed by atoms with E-state index in [2.05, 4.69) is 20.6 Å². The number of hydrogen-bond donors (Lipinski definition) is 6. The van der Waals surface area contributed by atoms with Crippen LogP contribution in [0.4, 0.5) is 5.69 Å². The Bertz CT molecular complexity index is 1030. The van der Waals surface area contributed by atoms with E-state index in [4.69, 9.17) is 21.1 Å². The Balaban J connectivity index is 1.54. The van der Waals surface area contributed by atoms with Crippen LogP contribution in [0.25, 0.3) is 11.2 Å². The van der Waals surface area contributed by atoms with Crippen molar-refractivity contribution in [2.45, 2.75) is 75.1 Å². The molecular weight excluding hydrogens is 481 g/mol. The maximum Gasteiger partial charge on any atom is 0.356 e. The fraction of sp³-hybridized carbons (Fsp3) is 0.722. The van der Waals surface area contributed by atoms with Gasteiger partial charge in [-0.1, -0.05) is 29.7 Å². The molecule has 1 saturated carbocycles. The molecule has 15 heteroatoms. The lowest BCUT2D eigenvalue weighted by molar-refractivity contribution is -0.0894. The molecule has 1 unspecified atom stereocenters. The molecule has 0 aromatic carbocycles. The summed E-state index contributed by atoms with van der Waals surface area (Å²) in [5.41, 5.74) is 1.31. The first-order valence-electron chi connectivity index (χ1n) is 10.6. The van der Waals surface area contributed by atoms with Gasteiger partial charge in [-0.3, -0.25) is 4.57 Å². The van der Waals surface area contributed by atoms with E-state index in [1.165, 1.54) is 11.6 Å². The smallest absolute Gasteiger partial charge is 0.356 e. The largest absolute Gasteiger partial charge is 0.390 e. The molecule has 0 spiro atoms. The molecule has 2 aromatic heterocycles. The molecule has 1 aliphatic heterocycles. The van der Waals surface area contributed by atoms with Gasteiger partial charge in [0, 0.05) is 12.1 Å². The predicted octanol–water partition coefficient (Wildman–Crippen LogP) is 0.355. The lowest BCUT2D eigenvalue weighted by atomic mass is 10.1. The van der Waals surface area contributed by atoms with Crippen LogP contribution in [0.2, 0.25) is 5.15 Å². The van der Waals surface area contributed by atoms with E-state index in [9.17, 15) is 29.7 Å². The maximum absolute atomic E-state index is 11.5. The molecule has 6 atom stereocenters. The molecule has 2 aliphatic rings. The summed E-state index contributed by atoms with van der Waals surface area (Å²) in [6.45, 7) is 0.673. The first-order valence-corrected chi connectivity index (χ1v) is 12.7. The highest BCUT2D eigenvalue weighted by molar-refractivity contribution is 7.52. The fourth-order valence-corrected chi connectivity index (χ4v) is 5.27. The van der Waals surface area contributed by atoms with Crippen LogP contribution in [0, 0.1) is 0 Å². The summed E-state index contributed by atoms with van der Waals surface area (Å²) in [6, 6.07) is 1.93. The molecule has 4 rings (SSSR count). The normalized spacial score (nSPS) is 28.5. The van der Waals surface area contributed by atoms with Gasteiger partial charge < -0.3 is 39.9 Å². The number of nitrogens with one attached hydrogen (secondary N) is 1. The van der Waals surface area contributed by atoms with Gasteiger partial charge in [0.1, 0.15) is 23.5 Å². The van der Waals surface area contributed by atoms with E-state index >= 15 is 0 Å². The summed E-state index contributed by atoms with van der Waals surface area (Å²) in [6.07, 6.45) is -2.45. The third-order valence-electron chi connectivity index (χ3n) is 5.87. The number of rotatable bonds is 8. The molecular formula is C18H27ClN5O8P. The monoisotopic (exact) mass is 507 g/mol. The van der Waals surface area contributed by atoms with E-state index in [-0.39, 0.29) is 16.8 Å². The van der Waals surface area contributed by atoms with Crippen LogP contribution >= 0.6 is 19.2 Å². The van der Waals surface area contributed by atoms with Crippen molar-refractivity contribution in [2.24, 2.45) is 0 Å². The van der Waals surface area contributed by atoms with E-state index in [1.807, 2.05) is 0 Å². The van der Waals surface area contributed by atoms with Gasteiger partial charge in [-0.2, -0.15) is 4.68 Å². The molecule has 0 radical (unpaired) electrons. The van der Waals surface area contributed by atoms with E-state index in [0.717, 1.165) is 25.7 Å². The van der Waals surface area contributed by atoms with Crippen molar-refractivity contribution in [2.75, 3.05) is 11.9 Å². The van der Waals surface area contributed by atoms with Gasteiger partial charge in [0.25, 0.3) is 0 Å². The molecule has 1 aliphatic carbocycles. The zero-order valence-corrected chi connectivity index (χ0v) is 19.4. The van der Waals surface area contributed by atoms with Crippen LogP contribution in [0.1, 0.15) is 38.8 Å².